The highest BCUT2D eigenvalue weighted by Gasteiger charge is 2.18. The second kappa shape index (κ2) is 8.92. The lowest BCUT2D eigenvalue weighted by molar-refractivity contribution is 0.0173. The zero-order valence-electron chi connectivity index (χ0n) is 17.4. The van der Waals surface area contributed by atoms with Gasteiger partial charge in [-0.05, 0) is 35.9 Å². The van der Waals surface area contributed by atoms with Crippen LogP contribution in [0.25, 0.3) is 22.4 Å². The third-order valence-electron chi connectivity index (χ3n) is 5.14. The van der Waals surface area contributed by atoms with Crippen molar-refractivity contribution in [1.82, 2.24) is 25.0 Å². The molecular formula is C22H17Cl2N7O3. The van der Waals surface area contributed by atoms with Gasteiger partial charge in [0.05, 0.1) is 33.4 Å². The molecule has 2 aromatic heterocycles. The van der Waals surface area contributed by atoms with E-state index in [1.165, 1.54) is 6.20 Å². The van der Waals surface area contributed by atoms with Gasteiger partial charge in [0, 0.05) is 11.9 Å². The molecule has 1 atom stereocenters. The highest BCUT2D eigenvalue weighted by Crippen LogP contribution is 2.30. The maximum Gasteiger partial charge on any atom is 0.355 e. The molecule has 1 aliphatic rings. The van der Waals surface area contributed by atoms with E-state index in [-0.39, 0.29) is 45.9 Å². The molecule has 2 aromatic carbocycles. The standard InChI is InChI=1S/C22H17Cl2N7O3/c23-15-2-1-3-16(24)18(15)31-19(25)14-9-26-21(28-20(14)29-22(31)33)27-12-6-4-11(5-7-12)17-8-13(10-32)34-30-17/h1-9,13,30,32H,10,25H2,(H,27,28,29,33). The van der Waals surface area contributed by atoms with Crippen LogP contribution in [0.2, 0.25) is 10.0 Å². The molecule has 172 valence electrons. The molecule has 0 saturated carbocycles. The molecular weight excluding hydrogens is 481 g/mol. The first kappa shape index (κ1) is 22.1. The summed E-state index contributed by atoms with van der Waals surface area (Å²) in [4.78, 5) is 30.7. The monoisotopic (exact) mass is 497 g/mol. The van der Waals surface area contributed by atoms with Crippen LogP contribution < -0.4 is 22.2 Å². The number of hydroxylamine groups is 1. The Morgan fingerprint density at radius 1 is 1.15 bits per heavy atom. The quantitative estimate of drug-likeness (QED) is 0.327. The lowest BCUT2D eigenvalue weighted by Crippen LogP contribution is -2.25. The van der Waals surface area contributed by atoms with Crippen molar-refractivity contribution in [1.29, 1.82) is 0 Å². The molecule has 0 spiro atoms. The maximum atomic E-state index is 12.8. The number of nitrogens with one attached hydrogen (secondary N) is 2. The average molecular weight is 498 g/mol. The zero-order valence-corrected chi connectivity index (χ0v) is 18.9. The summed E-state index contributed by atoms with van der Waals surface area (Å²) in [6.45, 7) is -0.107. The lowest BCUT2D eigenvalue weighted by atomic mass is 10.1. The van der Waals surface area contributed by atoms with Crippen LogP contribution in [0.5, 0.6) is 0 Å². The Hall–Kier alpha value is -3.70. The number of rotatable bonds is 5. The molecule has 0 fully saturated rings. The summed E-state index contributed by atoms with van der Waals surface area (Å²) in [6, 6.07) is 12.3. The molecule has 5 rings (SSSR count). The number of aliphatic hydroxyl groups is 1. The predicted octanol–water partition coefficient (Wildman–Crippen LogP) is 3.04. The predicted molar refractivity (Wildman–Crippen MR) is 130 cm³/mol. The molecule has 12 heteroatoms. The molecule has 0 amide bonds. The molecule has 0 radical (unpaired) electrons. The minimum Gasteiger partial charge on any atom is -0.393 e. The minimum atomic E-state index is -0.672. The molecule has 10 nitrogen and oxygen atoms in total. The van der Waals surface area contributed by atoms with Gasteiger partial charge in [-0.15, -0.1) is 0 Å². The molecule has 34 heavy (non-hydrogen) atoms. The number of nitrogens with zero attached hydrogens (tertiary/aromatic N) is 4. The Labute approximate surface area is 202 Å². The number of nitrogens with two attached hydrogens (primary N) is 1. The van der Waals surface area contributed by atoms with E-state index in [1.807, 2.05) is 24.3 Å². The van der Waals surface area contributed by atoms with E-state index in [2.05, 4.69) is 25.7 Å². The minimum absolute atomic E-state index is 0.0710. The first-order valence-electron chi connectivity index (χ1n) is 10.1. The van der Waals surface area contributed by atoms with Crippen molar-refractivity contribution < 1.29 is 9.94 Å². The molecule has 1 unspecified atom stereocenters. The van der Waals surface area contributed by atoms with E-state index in [1.54, 1.807) is 24.3 Å². The number of hydrogen-bond donors (Lipinski definition) is 4. The average Bonchev–Trinajstić information content (AvgIpc) is 3.31. The van der Waals surface area contributed by atoms with Crippen LogP contribution in [-0.4, -0.2) is 37.3 Å². The van der Waals surface area contributed by atoms with Gasteiger partial charge in [-0.25, -0.2) is 14.3 Å². The fourth-order valence-corrected chi connectivity index (χ4v) is 4.05. The Morgan fingerprint density at radius 3 is 2.56 bits per heavy atom. The van der Waals surface area contributed by atoms with Crippen molar-refractivity contribution in [3.05, 3.63) is 80.8 Å². The number of hydrogen-bond acceptors (Lipinski definition) is 9. The fraction of sp³-hybridized carbons (Fsp3) is 0.0909. The Kier molecular flexibility index (Phi) is 5.80. The van der Waals surface area contributed by atoms with E-state index < -0.39 is 5.69 Å². The molecule has 4 aromatic rings. The molecule has 3 heterocycles. The summed E-state index contributed by atoms with van der Waals surface area (Å²) in [7, 11) is 0. The number of anilines is 3. The van der Waals surface area contributed by atoms with Gasteiger partial charge in [-0.3, -0.25) is 10.3 Å². The van der Waals surface area contributed by atoms with Crippen molar-refractivity contribution in [2.24, 2.45) is 0 Å². The van der Waals surface area contributed by atoms with Crippen molar-refractivity contribution in [3.8, 4) is 5.69 Å². The van der Waals surface area contributed by atoms with Gasteiger partial charge in [0.15, 0.2) is 5.65 Å². The number of fused-ring (bicyclic) bond motifs is 1. The molecule has 5 N–H and O–H groups in total. The summed E-state index contributed by atoms with van der Waals surface area (Å²) in [5, 5.41) is 13.1. The normalized spacial score (nSPS) is 15.3. The number of aliphatic hydroxyl groups excluding tert-OH is 1. The van der Waals surface area contributed by atoms with Crippen LogP contribution in [0.15, 0.2) is 59.5 Å². The maximum absolute atomic E-state index is 12.8. The first-order chi connectivity index (χ1) is 16.4. The molecule has 0 aliphatic carbocycles. The van der Waals surface area contributed by atoms with Crippen LogP contribution in [0.3, 0.4) is 0 Å². The number of benzene rings is 2. The Bertz CT molecular complexity index is 1470. The summed E-state index contributed by atoms with van der Waals surface area (Å²) >= 11 is 12.5. The Morgan fingerprint density at radius 2 is 1.88 bits per heavy atom. The lowest BCUT2D eigenvalue weighted by Gasteiger charge is -2.14. The van der Waals surface area contributed by atoms with Gasteiger partial charge in [-0.2, -0.15) is 9.97 Å². The van der Waals surface area contributed by atoms with E-state index in [9.17, 15) is 4.79 Å². The van der Waals surface area contributed by atoms with Crippen LogP contribution in [-0.2, 0) is 4.84 Å². The van der Waals surface area contributed by atoms with Gasteiger partial charge in [0.2, 0.25) is 5.95 Å². The largest absolute Gasteiger partial charge is 0.393 e. The van der Waals surface area contributed by atoms with Crippen molar-refractivity contribution in [3.63, 3.8) is 0 Å². The molecule has 0 saturated heterocycles. The van der Waals surface area contributed by atoms with E-state index >= 15 is 0 Å². The fourth-order valence-electron chi connectivity index (χ4n) is 3.48. The van der Waals surface area contributed by atoms with Gasteiger partial charge < -0.3 is 16.2 Å². The highest BCUT2D eigenvalue weighted by molar-refractivity contribution is 6.37. The van der Waals surface area contributed by atoms with Gasteiger partial charge >= 0.3 is 5.69 Å². The SMILES string of the molecule is Nc1c2cnc(Nc3ccc(C4=CC(CO)ON4)cc3)nc2nc(=O)n1-c1c(Cl)cccc1Cl. The smallest absolute Gasteiger partial charge is 0.355 e. The van der Waals surface area contributed by atoms with Crippen LogP contribution >= 0.6 is 23.2 Å². The highest BCUT2D eigenvalue weighted by atomic mass is 35.5. The second-order valence-corrected chi connectivity index (χ2v) is 8.15. The summed E-state index contributed by atoms with van der Waals surface area (Å²) in [5.41, 5.74) is 11.1. The topological polar surface area (TPSA) is 140 Å². The molecule has 1 aliphatic heterocycles. The summed E-state index contributed by atoms with van der Waals surface area (Å²) in [5.74, 6) is 0.309. The van der Waals surface area contributed by atoms with Gasteiger partial charge in [0.1, 0.15) is 11.9 Å². The third-order valence-corrected chi connectivity index (χ3v) is 5.75. The zero-order chi connectivity index (χ0) is 23.8. The third kappa shape index (κ3) is 4.03. The van der Waals surface area contributed by atoms with Crippen molar-refractivity contribution in [2.45, 2.75) is 6.10 Å². The van der Waals surface area contributed by atoms with Crippen LogP contribution in [0.4, 0.5) is 17.5 Å². The van der Waals surface area contributed by atoms with Crippen LogP contribution in [0, 0.1) is 0 Å². The van der Waals surface area contributed by atoms with Gasteiger partial charge in [0.25, 0.3) is 0 Å². The van der Waals surface area contributed by atoms with E-state index in [0.29, 0.717) is 11.1 Å². The van der Waals surface area contributed by atoms with E-state index in [4.69, 9.17) is 38.9 Å². The van der Waals surface area contributed by atoms with E-state index in [0.717, 1.165) is 15.8 Å². The summed E-state index contributed by atoms with van der Waals surface area (Å²) < 4.78 is 1.14. The number of halogens is 2. The number of nitrogen functional groups attached to an aromatic ring is 1. The first-order valence-corrected chi connectivity index (χ1v) is 10.8. The number of para-hydroxylation sites is 1. The summed E-state index contributed by atoms with van der Waals surface area (Å²) in [6.07, 6.45) is 2.90. The number of aromatic nitrogens is 4. The van der Waals surface area contributed by atoms with Crippen molar-refractivity contribution >= 4 is 57.4 Å². The Balaban J connectivity index is 1.45. The van der Waals surface area contributed by atoms with Gasteiger partial charge in [-0.1, -0.05) is 41.4 Å². The van der Waals surface area contributed by atoms with Crippen LogP contribution in [0.1, 0.15) is 5.56 Å². The second-order valence-electron chi connectivity index (χ2n) is 7.34. The molecule has 0 bridgehead atoms. The van der Waals surface area contributed by atoms with Crippen molar-refractivity contribution in [2.75, 3.05) is 17.7 Å².